The number of hydrogen-bond donors (Lipinski definition) is 1. The molecule has 0 saturated heterocycles. The molecule has 1 aromatic carbocycles. The molecule has 3 saturated carbocycles. The molecular weight excluding hydrogens is 196 g/mol. The summed E-state index contributed by atoms with van der Waals surface area (Å²) in [5.41, 5.74) is 0.676. The van der Waals surface area contributed by atoms with E-state index in [0.29, 0.717) is 5.92 Å². The molecule has 2 bridgehead atoms. The summed E-state index contributed by atoms with van der Waals surface area (Å²) in [4.78, 5) is 0. The minimum Gasteiger partial charge on any atom is -0.385 e. The fourth-order valence-electron chi connectivity index (χ4n) is 4.82. The number of aliphatic hydroxyl groups is 1. The molecule has 16 heavy (non-hydrogen) atoms. The highest BCUT2D eigenvalue weighted by Gasteiger charge is 2.64. The Hall–Kier alpha value is -0.820. The summed E-state index contributed by atoms with van der Waals surface area (Å²) >= 11 is 0. The van der Waals surface area contributed by atoms with Crippen LogP contribution in [-0.2, 0) is 5.60 Å². The van der Waals surface area contributed by atoms with Gasteiger partial charge >= 0.3 is 0 Å². The molecule has 0 radical (unpaired) electrons. The van der Waals surface area contributed by atoms with E-state index in [-0.39, 0.29) is 0 Å². The molecule has 5 atom stereocenters. The molecule has 1 heteroatoms. The quantitative estimate of drug-likeness (QED) is 0.762. The molecule has 0 aliphatic heterocycles. The maximum absolute atomic E-state index is 10.9. The third-order valence-electron chi connectivity index (χ3n) is 5.46. The molecule has 0 heterocycles. The molecule has 1 unspecified atom stereocenters. The molecule has 0 amide bonds. The second kappa shape index (κ2) is 2.89. The number of hydrogen-bond acceptors (Lipinski definition) is 1. The second-order valence-corrected chi connectivity index (χ2v) is 6.02. The minimum absolute atomic E-state index is 0.480. The average Bonchev–Trinajstić information content (AvgIpc) is 2.85. The normalized spacial score (nSPS) is 48.8. The lowest BCUT2D eigenvalue weighted by atomic mass is 9.54. The van der Waals surface area contributed by atoms with Gasteiger partial charge in [0.05, 0.1) is 5.60 Å². The Morgan fingerprint density at radius 1 is 1.06 bits per heavy atom. The third-order valence-corrected chi connectivity index (χ3v) is 5.46. The van der Waals surface area contributed by atoms with Gasteiger partial charge in [0.25, 0.3) is 0 Å². The zero-order valence-corrected chi connectivity index (χ0v) is 9.47. The molecular formula is C15H18O. The van der Waals surface area contributed by atoms with Gasteiger partial charge in [0, 0.05) is 0 Å². The second-order valence-electron chi connectivity index (χ2n) is 6.02. The Bertz CT molecular complexity index is 411. The van der Waals surface area contributed by atoms with Crippen LogP contribution in [0.5, 0.6) is 0 Å². The van der Waals surface area contributed by atoms with Gasteiger partial charge < -0.3 is 5.11 Å². The molecule has 84 valence electrons. The first-order chi connectivity index (χ1) is 7.79. The minimum atomic E-state index is -0.480. The van der Waals surface area contributed by atoms with Crippen molar-refractivity contribution in [3.05, 3.63) is 35.9 Å². The average molecular weight is 214 g/mol. The van der Waals surface area contributed by atoms with Crippen molar-refractivity contribution in [1.82, 2.24) is 0 Å². The van der Waals surface area contributed by atoms with E-state index < -0.39 is 5.60 Å². The highest BCUT2D eigenvalue weighted by molar-refractivity contribution is 5.30. The van der Waals surface area contributed by atoms with Crippen LogP contribution in [-0.4, -0.2) is 5.11 Å². The lowest BCUT2D eigenvalue weighted by molar-refractivity contribution is -0.166. The summed E-state index contributed by atoms with van der Waals surface area (Å²) in [6, 6.07) is 10.3. The summed E-state index contributed by atoms with van der Waals surface area (Å²) in [5.74, 6) is 3.17. The van der Waals surface area contributed by atoms with Crippen molar-refractivity contribution >= 4 is 0 Å². The maximum atomic E-state index is 10.9. The largest absolute Gasteiger partial charge is 0.385 e. The zero-order valence-electron chi connectivity index (χ0n) is 9.47. The molecule has 4 rings (SSSR count). The van der Waals surface area contributed by atoms with Crippen molar-refractivity contribution in [1.29, 1.82) is 0 Å². The topological polar surface area (TPSA) is 20.2 Å². The van der Waals surface area contributed by atoms with E-state index in [2.05, 4.69) is 12.1 Å². The van der Waals surface area contributed by atoms with Crippen LogP contribution >= 0.6 is 0 Å². The molecule has 1 N–H and O–H groups in total. The van der Waals surface area contributed by atoms with Crippen molar-refractivity contribution in [2.75, 3.05) is 0 Å². The molecule has 1 aromatic rings. The van der Waals surface area contributed by atoms with Crippen LogP contribution in [0, 0.1) is 23.7 Å². The zero-order chi connectivity index (χ0) is 10.8. The fraction of sp³-hybridized carbons (Fsp3) is 0.600. The Morgan fingerprint density at radius 2 is 1.81 bits per heavy atom. The number of benzene rings is 1. The molecule has 3 aliphatic carbocycles. The molecule has 0 aromatic heterocycles. The number of fused-ring (bicyclic) bond motifs is 5. The summed E-state index contributed by atoms with van der Waals surface area (Å²) in [6.07, 6.45) is 5.20. The van der Waals surface area contributed by atoms with E-state index in [1.807, 2.05) is 18.2 Å². The van der Waals surface area contributed by atoms with Crippen molar-refractivity contribution < 1.29 is 5.11 Å². The van der Waals surface area contributed by atoms with E-state index >= 15 is 0 Å². The highest BCUT2D eigenvalue weighted by Crippen LogP contribution is 2.68. The van der Waals surface area contributed by atoms with Gasteiger partial charge in [-0.2, -0.15) is 0 Å². The molecule has 0 spiro atoms. The summed E-state index contributed by atoms with van der Waals surface area (Å²) < 4.78 is 0. The first-order valence-electron chi connectivity index (χ1n) is 6.57. The first kappa shape index (κ1) is 9.23. The summed E-state index contributed by atoms with van der Waals surface area (Å²) in [5, 5.41) is 10.9. The van der Waals surface area contributed by atoms with E-state index in [1.165, 1.54) is 19.3 Å². The lowest BCUT2D eigenvalue weighted by Crippen LogP contribution is -2.53. The first-order valence-corrected chi connectivity index (χ1v) is 6.57. The third kappa shape index (κ3) is 0.958. The predicted octanol–water partition coefficient (Wildman–Crippen LogP) is 2.94. The van der Waals surface area contributed by atoms with Crippen molar-refractivity contribution in [3.8, 4) is 0 Å². The van der Waals surface area contributed by atoms with Gasteiger partial charge in [0.15, 0.2) is 0 Å². The van der Waals surface area contributed by atoms with Gasteiger partial charge in [-0.05, 0) is 54.9 Å². The molecule has 3 fully saturated rings. The summed E-state index contributed by atoms with van der Waals surface area (Å²) in [6.45, 7) is 0. The van der Waals surface area contributed by atoms with Gasteiger partial charge in [0.1, 0.15) is 0 Å². The van der Waals surface area contributed by atoms with Crippen molar-refractivity contribution in [2.24, 2.45) is 23.7 Å². The van der Waals surface area contributed by atoms with Crippen LogP contribution in [0.15, 0.2) is 30.3 Å². The highest BCUT2D eigenvalue weighted by atomic mass is 16.3. The van der Waals surface area contributed by atoms with Gasteiger partial charge in [-0.3, -0.25) is 0 Å². The van der Waals surface area contributed by atoms with E-state index in [4.69, 9.17) is 0 Å². The molecule has 1 nitrogen and oxygen atoms in total. The van der Waals surface area contributed by atoms with Gasteiger partial charge in [0.2, 0.25) is 0 Å². The maximum Gasteiger partial charge on any atom is 0.0932 e. The van der Waals surface area contributed by atoms with E-state index in [1.54, 1.807) is 0 Å². The molecule has 3 aliphatic rings. The summed E-state index contributed by atoms with van der Waals surface area (Å²) in [7, 11) is 0. The fourth-order valence-corrected chi connectivity index (χ4v) is 4.82. The van der Waals surface area contributed by atoms with Crippen LogP contribution in [0.1, 0.15) is 31.2 Å². The van der Waals surface area contributed by atoms with Gasteiger partial charge in [-0.15, -0.1) is 0 Å². The van der Waals surface area contributed by atoms with Gasteiger partial charge in [-0.1, -0.05) is 30.3 Å². The standard InChI is InChI=1S/C15H18O/c16-15(12-4-2-1-3-5-12)9-13-10-6-7-11(8-10)14(13)15/h1-5,10-11,13-14,16H,6-9H2/t10-,11+,13+,14-,15?/m1/s1. The Balaban J connectivity index is 1.71. The van der Waals surface area contributed by atoms with Crippen molar-refractivity contribution in [3.63, 3.8) is 0 Å². The monoisotopic (exact) mass is 214 g/mol. The SMILES string of the molecule is OC1(c2ccccc2)C[C@H]2[C@@H]3CC[C@@H](C3)[C@H]21. The smallest absolute Gasteiger partial charge is 0.0932 e. The van der Waals surface area contributed by atoms with Crippen LogP contribution in [0.4, 0.5) is 0 Å². The van der Waals surface area contributed by atoms with Crippen LogP contribution in [0.25, 0.3) is 0 Å². The predicted molar refractivity (Wildman–Crippen MR) is 62.8 cm³/mol. The van der Waals surface area contributed by atoms with E-state index in [0.717, 1.165) is 29.7 Å². The lowest BCUT2D eigenvalue weighted by Gasteiger charge is -2.54. The Kier molecular flexibility index (Phi) is 1.67. The Morgan fingerprint density at radius 3 is 2.56 bits per heavy atom. The van der Waals surface area contributed by atoms with E-state index in [9.17, 15) is 5.11 Å². The van der Waals surface area contributed by atoms with Crippen LogP contribution in [0.2, 0.25) is 0 Å². The van der Waals surface area contributed by atoms with Crippen LogP contribution < -0.4 is 0 Å². The van der Waals surface area contributed by atoms with Gasteiger partial charge in [-0.25, -0.2) is 0 Å². The van der Waals surface area contributed by atoms with Crippen LogP contribution in [0.3, 0.4) is 0 Å². The number of rotatable bonds is 1. The Labute approximate surface area is 96.5 Å². The van der Waals surface area contributed by atoms with Crippen molar-refractivity contribution in [2.45, 2.75) is 31.3 Å².